The highest BCUT2D eigenvalue weighted by atomic mass is 127. The number of H-pyrrole nitrogens is 1. The zero-order valence-electron chi connectivity index (χ0n) is 15.7. The van der Waals surface area contributed by atoms with Gasteiger partial charge in [0.25, 0.3) is 0 Å². The van der Waals surface area contributed by atoms with Crippen LogP contribution in [0.5, 0.6) is 0 Å². The quantitative estimate of drug-likeness (QED) is 0.257. The van der Waals surface area contributed by atoms with Crippen LogP contribution < -0.4 is 16.8 Å². The summed E-state index contributed by atoms with van der Waals surface area (Å²) in [4.78, 5) is 23.0. The largest absolute Gasteiger partial charge is 0.444 e. The molecule has 1 aromatic carbocycles. The number of nitrogens with two attached hydrogens (primary N) is 2. The van der Waals surface area contributed by atoms with Gasteiger partial charge in [0.05, 0.1) is 23.3 Å². The summed E-state index contributed by atoms with van der Waals surface area (Å²) in [5.74, 6) is 1.12. The van der Waals surface area contributed by atoms with Crippen molar-refractivity contribution in [3.63, 3.8) is 0 Å². The van der Waals surface area contributed by atoms with E-state index in [1.165, 1.54) is 0 Å². The number of nitrogens with zero attached hydrogens (tertiary/aromatic N) is 2. The first kappa shape index (κ1) is 22.5. The number of alkyl carbamates (subject to hydrolysis) is 1. The van der Waals surface area contributed by atoms with E-state index in [0.29, 0.717) is 23.9 Å². The number of amides is 1. The number of fused-ring (bicyclic) bond motifs is 1. The number of carbonyl (C=O) groups excluding carboxylic acids is 1. The zero-order valence-corrected chi connectivity index (χ0v) is 20.0. The summed E-state index contributed by atoms with van der Waals surface area (Å²) < 4.78 is 7.16. The molecule has 28 heavy (non-hydrogen) atoms. The van der Waals surface area contributed by atoms with Gasteiger partial charge < -0.3 is 26.5 Å². The lowest BCUT2D eigenvalue weighted by atomic mass is 10.2. The number of ether oxygens (including phenoxy) is 1. The van der Waals surface area contributed by atoms with Gasteiger partial charge in [-0.15, -0.1) is 0 Å². The number of pyridine rings is 1. The summed E-state index contributed by atoms with van der Waals surface area (Å²) in [7, 11) is 0. The van der Waals surface area contributed by atoms with E-state index in [0.717, 1.165) is 18.3 Å². The van der Waals surface area contributed by atoms with Gasteiger partial charge in [0.1, 0.15) is 20.9 Å². The Morgan fingerprint density at radius 3 is 2.50 bits per heavy atom. The maximum atomic E-state index is 11.5. The number of halogens is 2. The van der Waals surface area contributed by atoms with Crippen LogP contribution >= 0.6 is 45.2 Å². The number of benzene rings is 1. The van der Waals surface area contributed by atoms with Crippen molar-refractivity contribution in [2.24, 2.45) is 0 Å². The van der Waals surface area contributed by atoms with Crippen LogP contribution in [0.3, 0.4) is 0 Å². The number of rotatable bonds is 2. The topological polar surface area (TPSA) is 132 Å². The van der Waals surface area contributed by atoms with Gasteiger partial charge in [0.2, 0.25) is 0 Å². The normalized spacial score (nSPS) is 10.9. The van der Waals surface area contributed by atoms with Crippen LogP contribution in [-0.4, -0.2) is 26.6 Å². The monoisotopic (exact) mass is 608 g/mol. The van der Waals surface area contributed by atoms with Crippen molar-refractivity contribution < 1.29 is 9.53 Å². The fraction of sp³-hybridized carbons (Fsp3) is 0.278. The summed E-state index contributed by atoms with van der Waals surface area (Å²) in [6, 6.07) is 9.51. The molecule has 0 aliphatic carbocycles. The van der Waals surface area contributed by atoms with Crippen molar-refractivity contribution in [1.29, 1.82) is 0 Å². The fourth-order valence-corrected chi connectivity index (χ4v) is 2.98. The van der Waals surface area contributed by atoms with E-state index in [4.69, 9.17) is 16.2 Å². The second-order valence-corrected chi connectivity index (χ2v) is 9.16. The van der Waals surface area contributed by atoms with Crippen LogP contribution in [0.2, 0.25) is 0 Å². The van der Waals surface area contributed by atoms with Crippen LogP contribution in [0.1, 0.15) is 26.6 Å². The number of nitrogen functional groups attached to an aromatic ring is 2. The molecule has 6 N–H and O–H groups in total. The number of hydrogen-bond acceptors (Lipinski definition) is 6. The Balaban J connectivity index is 0.000000261. The minimum absolute atomic E-state index is 0.320. The first-order valence-corrected chi connectivity index (χ1v) is 10.5. The van der Waals surface area contributed by atoms with E-state index in [2.05, 4.69) is 65.5 Å². The van der Waals surface area contributed by atoms with Crippen LogP contribution in [0, 0.1) is 7.27 Å². The van der Waals surface area contributed by atoms with Gasteiger partial charge in [-0.1, -0.05) is 0 Å². The first-order valence-electron chi connectivity index (χ1n) is 8.32. The van der Waals surface area contributed by atoms with Crippen LogP contribution in [0.4, 0.5) is 16.3 Å². The second kappa shape index (κ2) is 9.58. The van der Waals surface area contributed by atoms with Gasteiger partial charge in [-0.25, -0.2) is 14.8 Å². The summed E-state index contributed by atoms with van der Waals surface area (Å²) in [6.45, 7) is 5.81. The molecule has 8 nitrogen and oxygen atoms in total. The molecular formula is C18H22I2N6O2. The van der Waals surface area contributed by atoms with Gasteiger partial charge in [-0.05, 0) is 96.3 Å². The summed E-state index contributed by atoms with van der Waals surface area (Å²) >= 11 is 4.32. The Hall–Kier alpha value is -1.83. The molecule has 0 bridgehead atoms. The Morgan fingerprint density at radius 2 is 1.89 bits per heavy atom. The maximum Gasteiger partial charge on any atom is 0.408 e. The van der Waals surface area contributed by atoms with Crippen LogP contribution in [-0.2, 0) is 11.3 Å². The highest BCUT2D eigenvalue weighted by Crippen LogP contribution is 2.15. The molecule has 10 heteroatoms. The molecule has 0 aliphatic rings. The number of aromatic amines is 1. The molecule has 0 fully saturated rings. The molecule has 0 aliphatic heterocycles. The minimum atomic E-state index is -0.492. The lowest BCUT2D eigenvalue weighted by Gasteiger charge is -2.19. The molecule has 2 heterocycles. The number of imidazole rings is 1. The molecule has 0 saturated heterocycles. The van der Waals surface area contributed by atoms with E-state index < -0.39 is 11.7 Å². The average Bonchev–Trinajstić information content (AvgIpc) is 2.98. The van der Waals surface area contributed by atoms with Crippen molar-refractivity contribution in [3.05, 3.63) is 43.4 Å². The third-order valence-corrected chi connectivity index (χ3v) is 4.49. The van der Waals surface area contributed by atoms with Gasteiger partial charge in [-0.2, -0.15) is 0 Å². The molecule has 0 spiro atoms. The van der Waals surface area contributed by atoms with Crippen molar-refractivity contribution in [1.82, 2.24) is 20.3 Å². The molecule has 0 unspecified atom stereocenters. The van der Waals surface area contributed by atoms with Crippen molar-refractivity contribution in [2.45, 2.75) is 32.9 Å². The number of aromatic nitrogens is 3. The molecule has 0 saturated carbocycles. The minimum Gasteiger partial charge on any atom is -0.444 e. The smallest absolute Gasteiger partial charge is 0.408 e. The van der Waals surface area contributed by atoms with Crippen molar-refractivity contribution in [2.75, 3.05) is 11.5 Å². The van der Waals surface area contributed by atoms with Gasteiger partial charge in [0, 0.05) is 3.57 Å². The van der Waals surface area contributed by atoms with E-state index >= 15 is 0 Å². The molecular weight excluding hydrogens is 586 g/mol. The summed E-state index contributed by atoms with van der Waals surface area (Å²) in [5.41, 5.74) is 12.7. The van der Waals surface area contributed by atoms with Crippen molar-refractivity contribution in [3.8, 4) is 0 Å². The summed E-state index contributed by atoms with van der Waals surface area (Å²) in [5, 5.41) is 2.67. The number of anilines is 2. The lowest BCUT2D eigenvalue weighted by molar-refractivity contribution is 0.0522. The van der Waals surface area contributed by atoms with Crippen molar-refractivity contribution >= 4 is 73.8 Å². The Morgan fingerprint density at radius 1 is 1.18 bits per heavy atom. The SMILES string of the molecule is CC(C)(C)OC(=O)NCc1nc2ccc(I)cc2[nH]1.Nc1ccc(I)nc1N. The van der Waals surface area contributed by atoms with E-state index in [1.54, 1.807) is 6.07 Å². The summed E-state index contributed by atoms with van der Waals surface area (Å²) in [6.07, 6.45) is -0.442. The van der Waals surface area contributed by atoms with E-state index in [1.807, 2.05) is 45.0 Å². The van der Waals surface area contributed by atoms with Gasteiger partial charge in [0.15, 0.2) is 0 Å². The van der Waals surface area contributed by atoms with E-state index in [-0.39, 0.29) is 0 Å². The number of nitrogens with one attached hydrogen (secondary N) is 2. The van der Waals surface area contributed by atoms with Gasteiger partial charge >= 0.3 is 6.09 Å². The Kier molecular flexibility index (Phi) is 7.69. The van der Waals surface area contributed by atoms with E-state index in [9.17, 15) is 4.79 Å². The Labute approximate surface area is 190 Å². The predicted octanol–water partition coefficient (Wildman–Crippen LogP) is 4.04. The zero-order chi connectivity index (χ0) is 20.9. The maximum absolute atomic E-state index is 11.5. The number of carbonyl (C=O) groups is 1. The average molecular weight is 608 g/mol. The molecule has 0 radical (unpaired) electrons. The number of hydrogen-bond donors (Lipinski definition) is 4. The molecule has 3 rings (SSSR count). The second-order valence-electron chi connectivity index (χ2n) is 6.81. The predicted molar refractivity (Wildman–Crippen MR) is 128 cm³/mol. The third-order valence-electron chi connectivity index (χ3n) is 3.22. The fourth-order valence-electron chi connectivity index (χ4n) is 2.05. The molecule has 3 aromatic rings. The highest BCUT2D eigenvalue weighted by Gasteiger charge is 2.16. The first-order chi connectivity index (χ1) is 13.0. The molecule has 150 valence electrons. The lowest BCUT2D eigenvalue weighted by Crippen LogP contribution is -2.32. The standard InChI is InChI=1S/C13H16IN3O2.C5H6IN3/c1-13(2,3)19-12(18)15-7-11-16-9-5-4-8(14)6-10(9)17-11;6-4-2-1-3(7)5(8)9-4/h4-6H,7H2,1-3H3,(H,15,18)(H,16,17);1-2H,7H2,(H2,8,9). The van der Waals surface area contributed by atoms with Crippen LogP contribution in [0.25, 0.3) is 11.0 Å². The third kappa shape index (κ3) is 7.30. The molecule has 0 atom stereocenters. The molecule has 2 aromatic heterocycles. The van der Waals surface area contributed by atoms with Crippen LogP contribution in [0.15, 0.2) is 30.3 Å². The highest BCUT2D eigenvalue weighted by molar-refractivity contribution is 14.1. The Bertz CT molecular complexity index is 968. The molecule has 1 amide bonds. The van der Waals surface area contributed by atoms with Gasteiger partial charge in [-0.3, -0.25) is 0 Å².